The van der Waals surface area contributed by atoms with Gasteiger partial charge in [0.1, 0.15) is 18.5 Å². The minimum atomic E-state index is -0.547. The van der Waals surface area contributed by atoms with Gasteiger partial charge in [0, 0.05) is 6.54 Å². The van der Waals surface area contributed by atoms with E-state index in [0.717, 1.165) is 24.3 Å². The number of benzene rings is 2. The van der Waals surface area contributed by atoms with E-state index < -0.39 is 6.10 Å². The maximum Gasteiger partial charge on any atom is 0.119 e. The first-order valence-electron chi connectivity index (χ1n) is 7.15. The molecule has 0 saturated carbocycles. The SMILES string of the molecule is OC(CNCCc1ccc(Cl)c(Cl)c1)COc1ccccc1. The van der Waals surface area contributed by atoms with Crippen molar-refractivity contribution in [1.82, 2.24) is 5.32 Å². The van der Waals surface area contributed by atoms with Gasteiger partial charge in [0.05, 0.1) is 10.0 Å². The first kappa shape index (κ1) is 17.1. The van der Waals surface area contributed by atoms with Crippen molar-refractivity contribution < 1.29 is 9.84 Å². The smallest absolute Gasteiger partial charge is 0.119 e. The Balaban J connectivity index is 1.62. The number of halogens is 2. The van der Waals surface area contributed by atoms with Crippen molar-refractivity contribution in [3.05, 3.63) is 64.1 Å². The molecule has 0 aliphatic carbocycles. The fourth-order valence-electron chi connectivity index (χ4n) is 1.96. The first-order valence-corrected chi connectivity index (χ1v) is 7.91. The molecule has 2 N–H and O–H groups in total. The van der Waals surface area contributed by atoms with Crippen LogP contribution in [-0.2, 0) is 6.42 Å². The van der Waals surface area contributed by atoms with Crippen LogP contribution in [0.15, 0.2) is 48.5 Å². The third-order valence-corrected chi connectivity index (χ3v) is 3.88. The Morgan fingerprint density at radius 1 is 1.05 bits per heavy atom. The highest BCUT2D eigenvalue weighted by molar-refractivity contribution is 6.42. The fraction of sp³-hybridized carbons (Fsp3) is 0.294. The maximum atomic E-state index is 9.86. The predicted molar refractivity (Wildman–Crippen MR) is 91.0 cm³/mol. The number of aliphatic hydroxyl groups excluding tert-OH is 1. The van der Waals surface area contributed by atoms with Gasteiger partial charge in [0.25, 0.3) is 0 Å². The molecule has 0 aromatic heterocycles. The van der Waals surface area contributed by atoms with E-state index in [-0.39, 0.29) is 6.61 Å². The van der Waals surface area contributed by atoms with E-state index in [0.29, 0.717) is 16.6 Å². The Kier molecular flexibility index (Phi) is 7.00. The van der Waals surface area contributed by atoms with Crippen LogP contribution in [0.2, 0.25) is 10.0 Å². The Labute approximate surface area is 140 Å². The molecule has 0 aliphatic rings. The predicted octanol–water partition coefficient (Wildman–Crippen LogP) is 3.57. The van der Waals surface area contributed by atoms with Gasteiger partial charge in [-0.2, -0.15) is 0 Å². The number of nitrogens with one attached hydrogen (secondary N) is 1. The minimum Gasteiger partial charge on any atom is -0.491 e. The zero-order valence-corrected chi connectivity index (χ0v) is 13.6. The maximum absolute atomic E-state index is 9.86. The number of hydrogen-bond acceptors (Lipinski definition) is 3. The van der Waals surface area contributed by atoms with Crippen molar-refractivity contribution in [2.75, 3.05) is 19.7 Å². The van der Waals surface area contributed by atoms with Gasteiger partial charge in [-0.3, -0.25) is 0 Å². The highest BCUT2D eigenvalue weighted by Gasteiger charge is 2.05. The average molecular weight is 340 g/mol. The number of aliphatic hydroxyl groups is 1. The van der Waals surface area contributed by atoms with Gasteiger partial charge >= 0.3 is 0 Å². The molecule has 1 atom stereocenters. The summed E-state index contributed by atoms with van der Waals surface area (Å²) in [6.45, 7) is 1.50. The third-order valence-electron chi connectivity index (χ3n) is 3.14. The van der Waals surface area contributed by atoms with Gasteiger partial charge in [-0.25, -0.2) is 0 Å². The highest BCUT2D eigenvalue weighted by atomic mass is 35.5. The molecule has 0 heterocycles. The third kappa shape index (κ3) is 5.85. The van der Waals surface area contributed by atoms with Crippen LogP contribution in [0.5, 0.6) is 5.75 Å². The topological polar surface area (TPSA) is 41.5 Å². The van der Waals surface area contributed by atoms with E-state index in [1.165, 1.54) is 0 Å². The number of ether oxygens (including phenoxy) is 1. The Hall–Kier alpha value is -1.26. The molecular weight excluding hydrogens is 321 g/mol. The number of para-hydroxylation sites is 1. The van der Waals surface area contributed by atoms with Gasteiger partial charge in [-0.05, 0) is 42.8 Å². The van der Waals surface area contributed by atoms with Crippen LogP contribution in [0.3, 0.4) is 0 Å². The molecule has 0 bridgehead atoms. The fourth-order valence-corrected chi connectivity index (χ4v) is 2.29. The molecule has 2 aromatic carbocycles. The van der Waals surface area contributed by atoms with Crippen LogP contribution >= 0.6 is 23.2 Å². The number of hydrogen-bond donors (Lipinski definition) is 2. The number of rotatable bonds is 8. The van der Waals surface area contributed by atoms with Crippen LogP contribution in [0, 0.1) is 0 Å². The van der Waals surface area contributed by atoms with E-state index in [9.17, 15) is 5.11 Å². The van der Waals surface area contributed by atoms with Crippen LogP contribution in [0.4, 0.5) is 0 Å². The summed E-state index contributed by atoms with van der Waals surface area (Å²) in [6.07, 6.45) is 0.275. The summed E-state index contributed by atoms with van der Waals surface area (Å²) in [5, 5.41) is 14.2. The summed E-state index contributed by atoms with van der Waals surface area (Å²) >= 11 is 11.8. The van der Waals surface area contributed by atoms with E-state index >= 15 is 0 Å². The molecule has 0 saturated heterocycles. The average Bonchev–Trinajstić information content (AvgIpc) is 2.54. The molecule has 0 fully saturated rings. The zero-order valence-electron chi connectivity index (χ0n) is 12.1. The van der Waals surface area contributed by atoms with Crippen molar-refractivity contribution in [2.24, 2.45) is 0 Å². The van der Waals surface area contributed by atoms with Gasteiger partial charge in [-0.1, -0.05) is 47.5 Å². The van der Waals surface area contributed by atoms with Crippen molar-refractivity contribution in [3.8, 4) is 5.75 Å². The standard InChI is InChI=1S/C17H19Cl2NO2/c18-16-7-6-13(10-17(16)19)8-9-20-11-14(21)12-22-15-4-2-1-3-5-15/h1-7,10,14,20-21H,8-9,11-12H2. The molecule has 2 aromatic rings. The Morgan fingerprint density at radius 2 is 1.82 bits per heavy atom. The second-order valence-electron chi connectivity index (χ2n) is 4.98. The summed E-state index contributed by atoms with van der Waals surface area (Å²) < 4.78 is 5.49. The molecular formula is C17H19Cl2NO2. The van der Waals surface area contributed by atoms with Gasteiger partial charge in [-0.15, -0.1) is 0 Å². The quantitative estimate of drug-likeness (QED) is 0.722. The molecule has 1 unspecified atom stereocenters. The molecule has 0 radical (unpaired) electrons. The second kappa shape index (κ2) is 9.01. The largest absolute Gasteiger partial charge is 0.491 e. The lowest BCUT2D eigenvalue weighted by molar-refractivity contribution is 0.106. The molecule has 118 valence electrons. The van der Waals surface area contributed by atoms with Crippen molar-refractivity contribution >= 4 is 23.2 Å². The van der Waals surface area contributed by atoms with Crippen molar-refractivity contribution in [1.29, 1.82) is 0 Å². The van der Waals surface area contributed by atoms with Gasteiger partial charge in [0.2, 0.25) is 0 Å². The van der Waals surface area contributed by atoms with E-state index in [1.807, 2.05) is 42.5 Å². The molecule has 0 amide bonds. The Bertz CT molecular complexity index is 578. The van der Waals surface area contributed by atoms with E-state index in [4.69, 9.17) is 27.9 Å². The molecule has 0 spiro atoms. The lowest BCUT2D eigenvalue weighted by Gasteiger charge is -2.13. The summed E-state index contributed by atoms with van der Waals surface area (Å²) in [4.78, 5) is 0. The van der Waals surface area contributed by atoms with E-state index in [1.54, 1.807) is 6.07 Å². The van der Waals surface area contributed by atoms with E-state index in [2.05, 4.69) is 5.32 Å². The highest BCUT2D eigenvalue weighted by Crippen LogP contribution is 2.22. The van der Waals surface area contributed by atoms with Gasteiger partial charge < -0.3 is 15.2 Å². The molecule has 5 heteroatoms. The normalized spacial score (nSPS) is 12.1. The van der Waals surface area contributed by atoms with Crippen molar-refractivity contribution in [3.63, 3.8) is 0 Å². The lowest BCUT2D eigenvalue weighted by Crippen LogP contribution is -2.32. The van der Waals surface area contributed by atoms with Gasteiger partial charge in [0.15, 0.2) is 0 Å². The van der Waals surface area contributed by atoms with Crippen LogP contribution < -0.4 is 10.1 Å². The molecule has 2 rings (SSSR count). The van der Waals surface area contributed by atoms with Crippen LogP contribution in [0.25, 0.3) is 0 Å². The lowest BCUT2D eigenvalue weighted by atomic mass is 10.1. The minimum absolute atomic E-state index is 0.268. The zero-order chi connectivity index (χ0) is 15.8. The molecule has 0 aliphatic heterocycles. The van der Waals surface area contributed by atoms with Crippen molar-refractivity contribution in [2.45, 2.75) is 12.5 Å². The molecule has 22 heavy (non-hydrogen) atoms. The Morgan fingerprint density at radius 3 is 2.55 bits per heavy atom. The van der Waals surface area contributed by atoms with Crippen LogP contribution in [0.1, 0.15) is 5.56 Å². The summed E-state index contributed by atoms with van der Waals surface area (Å²) in [5.74, 6) is 0.761. The summed E-state index contributed by atoms with van der Waals surface area (Å²) in [5.41, 5.74) is 1.11. The molecule has 3 nitrogen and oxygen atoms in total. The van der Waals surface area contributed by atoms with Crippen LogP contribution in [-0.4, -0.2) is 30.9 Å². The second-order valence-corrected chi connectivity index (χ2v) is 5.79. The first-order chi connectivity index (χ1) is 10.6. The summed E-state index contributed by atoms with van der Waals surface area (Å²) in [7, 11) is 0. The summed E-state index contributed by atoms with van der Waals surface area (Å²) in [6, 6.07) is 15.1. The monoisotopic (exact) mass is 339 g/mol.